The number of ether oxygens (including phenoxy) is 1. The number of anilines is 1. The summed E-state index contributed by atoms with van der Waals surface area (Å²) in [6, 6.07) is 7.54. The van der Waals surface area contributed by atoms with Gasteiger partial charge in [0.05, 0.1) is 30.7 Å². The molecule has 0 aliphatic carbocycles. The number of nitriles is 2. The van der Waals surface area contributed by atoms with Crippen LogP contribution in [0.15, 0.2) is 18.3 Å². The van der Waals surface area contributed by atoms with Crippen molar-refractivity contribution in [3.8, 4) is 12.1 Å². The van der Waals surface area contributed by atoms with Gasteiger partial charge >= 0.3 is 0 Å². The first-order valence-electron chi connectivity index (χ1n) is 5.28. The molecule has 0 radical (unpaired) electrons. The Morgan fingerprint density at radius 3 is 2.88 bits per heavy atom. The highest BCUT2D eigenvalue weighted by atomic mass is 16.5. The van der Waals surface area contributed by atoms with E-state index in [-0.39, 0.29) is 0 Å². The van der Waals surface area contributed by atoms with Gasteiger partial charge in [0, 0.05) is 26.4 Å². The lowest BCUT2D eigenvalue weighted by molar-refractivity contribution is 0.205. The van der Waals surface area contributed by atoms with Crippen LogP contribution in [0.3, 0.4) is 0 Å². The third-order valence-electron chi connectivity index (χ3n) is 2.26. The third kappa shape index (κ3) is 4.10. The second-order valence-electron chi connectivity index (χ2n) is 3.40. The van der Waals surface area contributed by atoms with Gasteiger partial charge in [0.25, 0.3) is 0 Å². The Labute approximate surface area is 101 Å². The van der Waals surface area contributed by atoms with Crippen LogP contribution < -0.4 is 4.90 Å². The molecular formula is C12H14N4O. The second kappa shape index (κ2) is 7.21. The van der Waals surface area contributed by atoms with Crippen LogP contribution in [0.1, 0.15) is 12.0 Å². The molecule has 1 aromatic rings. The molecular weight excluding hydrogens is 216 g/mol. The molecule has 0 aromatic carbocycles. The molecule has 0 atom stereocenters. The topological polar surface area (TPSA) is 72.9 Å². The van der Waals surface area contributed by atoms with E-state index in [1.54, 1.807) is 25.4 Å². The van der Waals surface area contributed by atoms with Crippen LogP contribution in [0.4, 0.5) is 5.82 Å². The van der Waals surface area contributed by atoms with Crippen molar-refractivity contribution in [2.24, 2.45) is 0 Å². The fourth-order valence-electron chi connectivity index (χ4n) is 1.39. The van der Waals surface area contributed by atoms with Gasteiger partial charge in [-0.2, -0.15) is 10.5 Å². The summed E-state index contributed by atoms with van der Waals surface area (Å²) in [5, 5.41) is 17.4. The minimum Gasteiger partial charge on any atom is -0.383 e. The summed E-state index contributed by atoms with van der Waals surface area (Å²) in [6.45, 7) is 1.80. The normalized spacial score (nSPS) is 9.35. The standard InChI is InChI=1S/C12H14N4O/c1-17-8-7-16(6-2-4-13)12-9-11(10-14)3-5-15-12/h3,5,9H,2,6-8H2,1H3. The monoisotopic (exact) mass is 230 g/mol. The van der Waals surface area contributed by atoms with E-state index in [2.05, 4.69) is 17.1 Å². The van der Waals surface area contributed by atoms with Gasteiger partial charge in [-0.1, -0.05) is 0 Å². The summed E-state index contributed by atoms with van der Waals surface area (Å²) >= 11 is 0. The molecule has 0 fully saturated rings. The molecule has 0 aliphatic heterocycles. The largest absolute Gasteiger partial charge is 0.383 e. The Bertz CT molecular complexity index is 433. The molecule has 0 spiro atoms. The average Bonchev–Trinajstić information content (AvgIpc) is 2.39. The van der Waals surface area contributed by atoms with Gasteiger partial charge in [-0.15, -0.1) is 0 Å². The maximum Gasteiger partial charge on any atom is 0.129 e. The van der Waals surface area contributed by atoms with Crippen molar-refractivity contribution in [2.45, 2.75) is 6.42 Å². The number of aromatic nitrogens is 1. The fourth-order valence-corrected chi connectivity index (χ4v) is 1.39. The Kier molecular flexibility index (Phi) is 5.50. The van der Waals surface area contributed by atoms with Crippen LogP contribution in [0.2, 0.25) is 0 Å². The average molecular weight is 230 g/mol. The lowest BCUT2D eigenvalue weighted by atomic mass is 10.2. The molecule has 0 aliphatic rings. The molecule has 5 heteroatoms. The zero-order chi connectivity index (χ0) is 12.5. The van der Waals surface area contributed by atoms with Crippen LogP contribution in [0.5, 0.6) is 0 Å². The maximum atomic E-state index is 8.82. The van der Waals surface area contributed by atoms with E-state index in [1.807, 2.05) is 4.90 Å². The third-order valence-corrected chi connectivity index (χ3v) is 2.26. The zero-order valence-corrected chi connectivity index (χ0v) is 9.76. The van der Waals surface area contributed by atoms with Crippen molar-refractivity contribution in [1.82, 2.24) is 4.98 Å². The highest BCUT2D eigenvalue weighted by Gasteiger charge is 2.07. The first-order valence-corrected chi connectivity index (χ1v) is 5.28. The summed E-state index contributed by atoms with van der Waals surface area (Å²) in [6.07, 6.45) is 2.02. The predicted octanol–water partition coefficient (Wildman–Crippen LogP) is 1.32. The summed E-state index contributed by atoms with van der Waals surface area (Å²) < 4.78 is 5.01. The van der Waals surface area contributed by atoms with E-state index in [9.17, 15) is 0 Å². The van der Waals surface area contributed by atoms with E-state index in [4.69, 9.17) is 15.3 Å². The van der Waals surface area contributed by atoms with Crippen LogP contribution in [0, 0.1) is 22.7 Å². The molecule has 17 heavy (non-hydrogen) atoms. The van der Waals surface area contributed by atoms with E-state index in [0.717, 1.165) is 0 Å². The van der Waals surface area contributed by atoms with Crippen molar-refractivity contribution < 1.29 is 4.74 Å². The summed E-state index contributed by atoms with van der Waals surface area (Å²) in [5.74, 6) is 0.705. The molecule has 0 unspecified atom stereocenters. The summed E-state index contributed by atoms with van der Waals surface area (Å²) in [7, 11) is 1.63. The van der Waals surface area contributed by atoms with Gasteiger partial charge in [0.2, 0.25) is 0 Å². The van der Waals surface area contributed by atoms with Crippen molar-refractivity contribution in [2.75, 3.05) is 31.7 Å². The van der Waals surface area contributed by atoms with Crippen LogP contribution in [-0.4, -0.2) is 31.8 Å². The second-order valence-corrected chi connectivity index (χ2v) is 3.40. The van der Waals surface area contributed by atoms with Crippen LogP contribution >= 0.6 is 0 Å². The summed E-state index contributed by atoms with van der Waals surface area (Å²) in [4.78, 5) is 6.14. The summed E-state index contributed by atoms with van der Waals surface area (Å²) in [5.41, 5.74) is 0.564. The van der Waals surface area contributed by atoms with E-state index in [0.29, 0.717) is 37.5 Å². The number of nitrogens with zero attached hydrogens (tertiary/aromatic N) is 4. The van der Waals surface area contributed by atoms with E-state index < -0.39 is 0 Å². The molecule has 0 bridgehead atoms. The van der Waals surface area contributed by atoms with Crippen LogP contribution in [0.25, 0.3) is 0 Å². The maximum absolute atomic E-state index is 8.82. The Morgan fingerprint density at radius 2 is 2.24 bits per heavy atom. The number of methoxy groups -OCH3 is 1. The van der Waals surface area contributed by atoms with Gasteiger partial charge in [0.1, 0.15) is 5.82 Å². The molecule has 0 N–H and O–H groups in total. The lowest BCUT2D eigenvalue weighted by Crippen LogP contribution is -2.29. The number of pyridine rings is 1. The molecule has 1 rings (SSSR count). The number of hydrogen-bond acceptors (Lipinski definition) is 5. The fraction of sp³-hybridized carbons (Fsp3) is 0.417. The van der Waals surface area contributed by atoms with E-state index >= 15 is 0 Å². The Hall–Kier alpha value is -2.11. The van der Waals surface area contributed by atoms with Crippen molar-refractivity contribution in [3.63, 3.8) is 0 Å². The van der Waals surface area contributed by atoms with Crippen molar-refractivity contribution in [1.29, 1.82) is 10.5 Å². The van der Waals surface area contributed by atoms with Crippen LogP contribution in [-0.2, 0) is 4.74 Å². The molecule has 0 amide bonds. The smallest absolute Gasteiger partial charge is 0.129 e. The highest BCUT2D eigenvalue weighted by Crippen LogP contribution is 2.12. The molecule has 1 aromatic heterocycles. The van der Waals surface area contributed by atoms with Gasteiger partial charge in [-0.25, -0.2) is 4.98 Å². The highest BCUT2D eigenvalue weighted by molar-refractivity contribution is 5.44. The minimum atomic E-state index is 0.419. The molecule has 0 saturated carbocycles. The Balaban J connectivity index is 2.80. The SMILES string of the molecule is COCCN(CCC#N)c1cc(C#N)ccn1. The van der Waals surface area contributed by atoms with E-state index in [1.165, 1.54) is 0 Å². The zero-order valence-electron chi connectivity index (χ0n) is 9.76. The molecule has 1 heterocycles. The van der Waals surface area contributed by atoms with Crippen molar-refractivity contribution >= 4 is 5.82 Å². The quantitative estimate of drug-likeness (QED) is 0.736. The molecule has 88 valence electrons. The molecule has 0 saturated heterocycles. The van der Waals surface area contributed by atoms with Gasteiger partial charge in [0.15, 0.2) is 0 Å². The van der Waals surface area contributed by atoms with Gasteiger partial charge in [-0.05, 0) is 12.1 Å². The number of rotatable bonds is 6. The predicted molar refractivity (Wildman–Crippen MR) is 63.3 cm³/mol. The number of hydrogen-bond donors (Lipinski definition) is 0. The van der Waals surface area contributed by atoms with Gasteiger partial charge < -0.3 is 9.64 Å². The minimum absolute atomic E-state index is 0.419. The first kappa shape index (κ1) is 13.0. The Morgan fingerprint density at radius 1 is 1.41 bits per heavy atom. The molecule has 5 nitrogen and oxygen atoms in total. The van der Waals surface area contributed by atoms with Crippen molar-refractivity contribution in [3.05, 3.63) is 23.9 Å². The lowest BCUT2D eigenvalue weighted by Gasteiger charge is -2.22. The first-order chi connectivity index (χ1) is 8.31. The van der Waals surface area contributed by atoms with Gasteiger partial charge in [-0.3, -0.25) is 0 Å².